The first-order valence-corrected chi connectivity index (χ1v) is 6.72. The molecule has 0 saturated heterocycles. The molecule has 0 saturated carbocycles. The molecular formula is C14H10BrN3O2. The summed E-state index contributed by atoms with van der Waals surface area (Å²) in [6, 6.07) is 11.0. The molecule has 0 fully saturated rings. The third-order valence-corrected chi connectivity index (χ3v) is 3.42. The van der Waals surface area contributed by atoms with Crippen molar-refractivity contribution < 1.29 is 9.90 Å². The van der Waals surface area contributed by atoms with Crippen molar-refractivity contribution in [3.63, 3.8) is 0 Å². The number of halogens is 1. The summed E-state index contributed by atoms with van der Waals surface area (Å²) in [7, 11) is 0. The van der Waals surface area contributed by atoms with Gasteiger partial charge in [0.25, 0.3) is 0 Å². The molecular weight excluding hydrogens is 322 g/mol. The Morgan fingerprint density at radius 1 is 1.30 bits per heavy atom. The summed E-state index contributed by atoms with van der Waals surface area (Å²) in [4.78, 5) is 15.7. The van der Waals surface area contributed by atoms with Crippen LogP contribution in [0.15, 0.2) is 41.0 Å². The summed E-state index contributed by atoms with van der Waals surface area (Å²) >= 11 is 3.25. The first kappa shape index (κ1) is 12.8. The average molecular weight is 332 g/mol. The van der Waals surface area contributed by atoms with Gasteiger partial charge in [0, 0.05) is 0 Å². The van der Waals surface area contributed by atoms with Crippen LogP contribution in [0.4, 0.5) is 0 Å². The van der Waals surface area contributed by atoms with E-state index in [0.717, 1.165) is 5.69 Å². The SMILES string of the molecule is Cc1nn(-c2ccccc2)c2nc(Br)cc(C(=O)O)c12. The van der Waals surface area contributed by atoms with Gasteiger partial charge >= 0.3 is 5.97 Å². The van der Waals surface area contributed by atoms with Gasteiger partial charge < -0.3 is 5.11 Å². The van der Waals surface area contributed by atoms with Gasteiger partial charge in [-0.15, -0.1) is 0 Å². The van der Waals surface area contributed by atoms with Gasteiger partial charge in [-0.05, 0) is 41.1 Å². The van der Waals surface area contributed by atoms with E-state index in [1.807, 2.05) is 30.3 Å². The first-order valence-electron chi connectivity index (χ1n) is 5.92. The van der Waals surface area contributed by atoms with Crippen molar-refractivity contribution in [2.45, 2.75) is 6.92 Å². The van der Waals surface area contributed by atoms with Crippen LogP contribution in [0.3, 0.4) is 0 Å². The topological polar surface area (TPSA) is 68.0 Å². The van der Waals surface area contributed by atoms with Crippen LogP contribution in [0.1, 0.15) is 16.1 Å². The molecule has 2 aromatic heterocycles. The number of hydrogen-bond donors (Lipinski definition) is 1. The molecule has 0 unspecified atom stereocenters. The predicted octanol–water partition coefficient (Wildman–Crippen LogP) is 3.19. The number of para-hydroxylation sites is 1. The van der Waals surface area contributed by atoms with Crippen LogP contribution in [-0.2, 0) is 0 Å². The lowest BCUT2D eigenvalue weighted by atomic mass is 10.1. The smallest absolute Gasteiger partial charge is 0.336 e. The number of pyridine rings is 1. The summed E-state index contributed by atoms with van der Waals surface area (Å²) in [6.07, 6.45) is 0. The van der Waals surface area contributed by atoms with Crippen LogP contribution in [-0.4, -0.2) is 25.8 Å². The van der Waals surface area contributed by atoms with Crippen molar-refractivity contribution in [1.29, 1.82) is 0 Å². The summed E-state index contributed by atoms with van der Waals surface area (Å²) in [6.45, 7) is 1.78. The van der Waals surface area contributed by atoms with Crippen LogP contribution in [0, 0.1) is 6.92 Å². The van der Waals surface area contributed by atoms with Gasteiger partial charge in [0.2, 0.25) is 0 Å². The Morgan fingerprint density at radius 2 is 2.00 bits per heavy atom. The minimum atomic E-state index is -0.992. The number of carboxylic acids is 1. The van der Waals surface area contributed by atoms with Crippen molar-refractivity contribution in [1.82, 2.24) is 14.8 Å². The number of fused-ring (bicyclic) bond motifs is 1. The number of rotatable bonds is 2. The highest BCUT2D eigenvalue weighted by Gasteiger charge is 2.19. The quantitative estimate of drug-likeness (QED) is 0.732. The van der Waals surface area contributed by atoms with Gasteiger partial charge in [0.05, 0.1) is 22.3 Å². The lowest BCUT2D eigenvalue weighted by molar-refractivity contribution is 0.0699. The van der Waals surface area contributed by atoms with Crippen LogP contribution >= 0.6 is 15.9 Å². The molecule has 20 heavy (non-hydrogen) atoms. The van der Waals surface area contributed by atoms with E-state index >= 15 is 0 Å². The Labute approximate surface area is 123 Å². The molecule has 3 aromatic rings. The highest BCUT2D eigenvalue weighted by molar-refractivity contribution is 9.10. The minimum Gasteiger partial charge on any atom is -0.478 e. The van der Waals surface area contributed by atoms with Crippen molar-refractivity contribution in [3.05, 3.63) is 52.3 Å². The molecule has 5 nitrogen and oxygen atoms in total. The van der Waals surface area contributed by atoms with E-state index in [4.69, 9.17) is 0 Å². The number of nitrogens with zero attached hydrogens (tertiary/aromatic N) is 3. The van der Waals surface area contributed by atoms with Gasteiger partial charge in [-0.25, -0.2) is 14.5 Å². The molecule has 0 aliphatic carbocycles. The number of aryl methyl sites for hydroxylation is 1. The summed E-state index contributed by atoms with van der Waals surface area (Å²) in [5.74, 6) is -0.992. The molecule has 0 radical (unpaired) electrons. The second kappa shape index (κ2) is 4.72. The molecule has 1 N–H and O–H groups in total. The maximum atomic E-state index is 11.4. The largest absolute Gasteiger partial charge is 0.478 e. The van der Waals surface area contributed by atoms with E-state index in [9.17, 15) is 9.90 Å². The van der Waals surface area contributed by atoms with Gasteiger partial charge in [-0.1, -0.05) is 18.2 Å². The third-order valence-electron chi connectivity index (χ3n) is 3.01. The standard InChI is InChI=1S/C14H10BrN3O2/c1-8-12-10(14(19)20)7-11(15)16-13(12)18(17-8)9-5-3-2-4-6-9/h2-7H,1H3,(H,19,20). The van der Waals surface area contributed by atoms with Crippen LogP contribution in [0.25, 0.3) is 16.7 Å². The maximum Gasteiger partial charge on any atom is 0.336 e. The number of carbonyl (C=O) groups is 1. The normalized spacial score (nSPS) is 10.9. The zero-order chi connectivity index (χ0) is 14.3. The zero-order valence-corrected chi connectivity index (χ0v) is 12.1. The highest BCUT2D eigenvalue weighted by atomic mass is 79.9. The number of hydrogen-bond acceptors (Lipinski definition) is 3. The Bertz CT molecular complexity index is 812. The lowest BCUT2D eigenvalue weighted by Crippen LogP contribution is -2.01. The van der Waals surface area contributed by atoms with Gasteiger partial charge in [-0.2, -0.15) is 5.10 Å². The van der Waals surface area contributed by atoms with Crippen molar-refractivity contribution in [2.24, 2.45) is 0 Å². The van der Waals surface area contributed by atoms with Gasteiger partial charge in [0.15, 0.2) is 5.65 Å². The zero-order valence-electron chi connectivity index (χ0n) is 10.5. The van der Waals surface area contributed by atoms with Crippen molar-refractivity contribution in [2.75, 3.05) is 0 Å². The molecule has 0 amide bonds. The Morgan fingerprint density at radius 3 is 2.65 bits per heavy atom. The van der Waals surface area contributed by atoms with Crippen LogP contribution in [0.2, 0.25) is 0 Å². The molecule has 100 valence electrons. The van der Waals surface area contributed by atoms with E-state index in [0.29, 0.717) is 21.3 Å². The maximum absolute atomic E-state index is 11.4. The molecule has 0 aliphatic rings. The van der Waals surface area contributed by atoms with Gasteiger partial charge in [0.1, 0.15) is 4.60 Å². The molecule has 6 heteroatoms. The second-order valence-corrected chi connectivity index (χ2v) is 5.14. The second-order valence-electron chi connectivity index (χ2n) is 4.33. The monoisotopic (exact) mass is 331 g/mol. The number of benzene rings is 1. The summed E-state index contributed by atoms with van der Waals surface area (Å²) in [5, 5.41) is 14.3. The molecule has 1 aromatic carbocycles. The molecule has 0 spiro atoms. The van der Waals surface area contributed by atoms with E-state index in [1.165, 1.54) is 6.07 Å². The van der Waals surface area contributed by atoms with Crippen LogP contribution in [0.5, 0.6) is 0 Å². The number of aromatic carboxylic acids is 1. The Balaban J connectivity index is 2.40. The Hall–Kier alpha value is -2.21. The van der Waals surface area contributed by atoms with E-state index in [-0.39, 0.29) is 5.56 Å². The first-order chi connectivity index (χ1) is 9.58. The lowest BCUT2D eigenvalue weighted by Gasteiger charge is -2.03. The molecule has 3 rings (SSSR count). The summed E-state index contributed by atoms with van der Waals surface area (Å²) in [5.41, 5.74) is 2.20. The van der Waals surface area contributed by atoms with Crippen LogP contribution < -0.4 is 0 Å². The fraction of sp³-hybridized carbons (Fsp3) is 0.0714. The van der Waals surface area contributed by atoms with E-state index < -0.39 is 5.97 Å². The number of aromatic nitrogens is 3. The fourth-order valence-electron chi connectivity index (χ4n) is 2.18. The molecule has 2 heterocycles. The molecule has 0 atom stereocenters. The van der Waals surface area contributed by atoms with E-state index in [2.05, 4.69) is 26.0 Å². The summed E-state index contributed by atoms with van der Waals surface area (Å²) < 4.78 is 2.13. The van der Waals surface area contributed by atoms with Gasteiger partial charge in [-0.3, -0.25) is 0 Å². The molecule has 0 bridgehead atoms. The molecule has 0 aliphatic heterocycles. The van der Waals surface area contributed by atoms with Crippen molar-refractivity contribution >= 4 is 32.9 Å². The van der Waals surface area contributed by atoms with E-state index in [1.54, 1.807) is 11.6 Å². The number of carboxylic acid groups (broad SMARTS) is 1. The highest BCUT2D eigenvalue weighted by Crippen LogP contribution is 2.26. The minimum absolute atomic E-state index is 0.196. The third kappa shape index (κ3) is 1.98. The fourth-order valence-corrected chi connectivity index (χ4v) is 2.57. The predicted molar refractivity (Wildman–Crippen MR) is 78.3 cm³/mol. The Kier molecular flexibility index (Phi) is 3.02. The average Bonchev–Trinajstić information content (AvgIpc) is 2.76. The van der Waals surface area contributed by atoms with Crippen molar-refractivity contribution in [3.8, 4) is 5.69 Å².